The van der Waals surface area contributed by atoms with Gasteiger partial charge in [-0.25, -0.2) is 4.39 Å². The van der Waals surface area contributed by atoms with Crippen LogP contribution in [0.15, 0.2) is 70.8 Å². The highest BCUT2D eigenvalue weighted by molar-refractivity contribution is 5.80. The van der Waals surface area contributed by atoms with Gasteiger partial charge in [-0.3, -0.25) is 28.4 Å². The lowest BCUT2D eigenvalue weighted by Gasteiger charge is -2.36. The second kappa shape index (κ2) is 11.1. The van der Waals surface area contributed by atoms with Gasteiger partial charge in [0, 0.05) is 39.3 Å². The summed E-state index contributed by atoms with van der Waals surface area (Å²) < 4.78 is 16.6. The number of allylic oxidation sites excluding steroid dienone is 1. The van der Waals surface area contributed by atoms with Crippen molar-refractivity contribution in [2.24, 2.45) is 0 Å². The molecule has 1 aliphatic rings. The summed E-state index contributed by atoms with van der Waals surface area (Å²) in [6.07, 6.45) is 2.31. The zero-order chi connectivity index (χ0) is 24.8. The van der Waals surface area contributed by atoms with E-state index in [1.807, 2.05) is 6.07 Å². The smallest absolute Gasteiger partial charge is 0.317 e. The SMILES string of the molecule is C=CCn1c(=O)c(=O)n(CC(=O)NCCCN2CCN(c3ccccc3F)CC2)c2ccccc21. The zero-order valence-corrected chi connectivity index (χ0v) is 19.7. The molecule has 1 aliphatic heterocycles. The largest absolute Gasteiger partial charge is 0.367 e. The third-order valence-electron chi connectivity index (χ3n) is 6.29. The molecule has 8 nitrogen and oxygen atoms in total. The number of carbonyl (C=O) groups excluding carboxylic acids is 1. The molecule has 0 radical (unpaired) electrons. The Morgan fingerprint density at radius 3 is 2.26 bits per heavy atom. The van der Waals surface area contributed by atoms with Crippen LogP contribution in [0.2, 0.25) is 0 Å². The summed E-state index contributed by atoms with van der Waals surface area (Å²) in [5.41, 5.74) is 0.347. The topological polar surface area (TPSA) is 79.6 Å². The van der Waals surface area contributed by atoms with E-state index in [0.717, 1.165) is 39.1 Å². The molecular weight excluding hydrogens is 449 g/mol. The first-order valence-corrected chi connectivity index (χ1v) is 11.8. The Morgan fingerprint density at radius 2 is 1.57 bits per heavy atom. The molecule has 0 aliphatic carbocycles. The second-order valence-electron chi connectivity index (χ2n) is 8.57. The normalized spacial score (nSPS) is 14.3. The molecule has 35 heavy (non-hydrogen) atoms. The molecule has 0 bridgehead atoms. The monoisotopic (exact) mass is 479 g/mol. The Morgan fingerprint density at radius 1 is 0.943 bits per heavy atom. The van der Waals surface area contributed by atoms with Crippen molar-refractivity contribution in [1.29, 1.82) is 0 Å². The van der Waals surface area contributed by atoms with Gasteiger partial charge in [0.25, 0.3) is 0 Å². The van der Waals surface area contributed by atoms with E-state index in [1.54, 1.807) is 42.5 Å². The predicted octanol–water partition coefficient (Wildman–Crippen LogP) is 1.82. The van der Waals surface area contributed by atoms with Crippen molar-refractivity contribution in [1.82, 2.24) is 19.4 Å². The van der Waals surface area contributed by atoms with Gasteiger partial charge in [-0.1, -0.05) is 30.3 Å². The maximum Gasteiger partial charge on any atom is 0.317 e. The standard InChI is InChI=1S/C26H30FN5O3/c1-2-13-31-22-10-5-6-11-23(22)32(26(35)25(31)34)19-24(33)28-12-7-14-29-15-17-30(18-16-29)21-9-4-3-8-20(21)27/h2-6,8-11H,1,7,12-19H2,(H,28,33). The Labute approximate surface area is 202 Å². The van der Waals surface area contributed by atoms with Gasteiger partial charge in [-0.2, -0.15) is 0 Å². The van der Waals surface area contributed by atoms with Crippen LogP contribution >= 0.6 is 0 Å². The van der Waals surface area contributed by atoms with E-state index in [2.05, 4.69) is 21.7 Å². The summed E-state index contributed by atoms with van der Waals surface area (Å²) in [5.74, 6) is -0.518. The third kappa shape index (κ3) is 5.51. The number of halogens is 1. The lowest BCUT2D eigenvalue weighted by Crippen LogP contribution is -2.47. The van der Waals surface area contributed by atoms with E-state index in [4.69, 9.17) is 0 Å². The summed E-state index contributed by atoms with van der Waals surface area (Å²) in [6, 6.07) is 13.8. The van der Waals surface area contributed by atoms with Crippen molar-refractivity contribution in [2.75, 3.05) is 44.2 Å². The molecule has 0 spiro atoms. The molecule has 2 aromatic carbocycles. The van der Waals surface area contributed by atoms with Crippen LogP contribution < -0.4 is 21.3 Å². The van der Waals surface area contributed by atoms with Crippen LogP contribution in [0, 0.1) is 5.82 Å². The van der Waals surface area contributed by atoms with Crippen LogP contribution in [0.4, 0.5) is 10.1 Å². The van der Waals surface area contributed by atoms with Crippen molar-refractivity contribution in [2.45, 2.75) is 19.5 Å². The van der Waals surface area contributed by atoms with E-state index < -0.39 is 11.1 Å². The lowest BCUT2D eigenvalue weighted by atomic mass is 10.2. The molecule has 1 aromatic heterocycles. The summed E-state index contributed by atoms with van der Waals surface area (Å²) in [4.78, 5) is 42.2. The molecule has 1 amide bonds. The predicted molar refractivity (Wildman–Crippen MR) is 135 cm³/mol. The van der Waals surface area contributed by atoms with E-state index >= 15 is 0 Å². The molecule has 1 fully saturated rings. The minimum absolute atomic E-state index is 0.200. The molecule has 184 valence electrons. The van der Waals surface area contributed by atoms with E-state index in [-0.39, 0.29) is 24.8 Å². The highest BCUT2D eigenvalue weighted by atomic mass is 19.1. The van der Waals surface area contributed by atoms with Crippen LogP contribution in [0.1, 0.15) is 6.42 Å². The summed E-state index contributed by atoms with van der Waals surface area (Å²) >= 11 is 0. The minimum atomic E-state index is -0.728. The average Bonchev–Trinajstić information content (AvgIpc) is 2.88. The maximum absolute atomic E-state index is 14.0. The first kappa shape index (κ1) is 24.4. The second-order valence-corrected chi connectivity index (χ2v) is 8.57. The summed E-state index contributed by atoms with van der Waals surface area (Å²) in [6.45, 7) is 8.07. The molecule has 0 atom stereocenters. The fraction of sp³-hybridized carbons (Fsp3) is 0.346. The van der Waals surface area contributed by atoms with Gasteiger partial charge in [0.15, 0.2) is 0 Å². The van der Waals surface area contributed by atoms with Crippen molar-refractivity contribution < 1.29 is 9.18 Å². The maximum atomic E-state index is 14.0. The van der Waals surface area contributed by atoms with Crippen molar-refractivity contribution in [3.63, 3.8) is 0 Å². The number of benzene rings is 2. The van der Waals surface area contributed by atoms with Gasteiger partial charge in [0.05, 0.1) is 16.7 Å². The highest BCUT2D eigenvalue weighted by Gasteiger charge is 2.19. The minimum Gasteiger partial charge on any atom is -0.367 e. The van der Waals surface area contributed by atoms with Gasteiger partial charge in [-0.05, 0) is 37.2 Å². The van der Waals surface area contributed by atoms with Crippen LogP contribution in [0.3, 0.4) is 0 Å². The molecule has 2 heterocycles. The molecule has 0 saturated carbocycles. The number of nitrogens with zero attached hydrogens (tertiary/aromatic N) is 4. The fourth-order valence-electron chi connectivity index (χ4n) is 4.49. The summed E-state index contributed by atoms with van der Waals surface area (Å²) in [5, 5.41) is 2.85. The van der Waals surface area contributed by atoms with Gasteiger partial charge in [0.2, 0.25) is 5.91 Å². The quantitative estimate of drug-likeness (QED) is 0.288. The van der Waals surface area contributed by atoms with Crippen LogP contribution in [-0.4, -0.2) is 59.2 Å². The van der Waals surface area contributed by atoms with Crippen molar-refractivity contribution >= 4 is 22.6 Å². The first-order chi connectivity index (χ1) is 17.0. The number of carbonyl (C=O) groups is 1. The number of piperazine rings is 1. The molecule has 1 saturated heterocycles. The van der Waals surface area contributed by atoms with Crippen LogP contribution in [0.25, 0.3) is 11.0 Å². The first-order valence-electron chi connectivity index (χ1n) is 11.8. The van der Waals surface area contributed by atoms with Crippen LogP contribution in [0.5, 0.6) is 0 Å². The number of nitrogens with one attached hydrogen (secondary N) is 1. The summed E-state index contributed by atoms with van der Waals surface area (Å²) in [7, 11) is 0. The molecule has 3 aromatic rings. The van der Waals surface area contributed by atoms with Crippen molar-refractivity contribution in [3.8, 4) is 0 Å². The van der Waals surface area contributed by atoms with Crippen LogP contribution in [-0.2, 0) is 17.9 Å². The Balaban J connectivity index is 1.28. The van der Waals surface area contributed by atoms with E-state index in [9.17, 15) is 18.8 Å². The number of fused-ring (bicyclic) bond motifs is 1. The van der Waals surface area contributed by atoms with Gasteiger partial charge in [-0.15, -0.1) is 6.58 Å². The third-order valence-corrected chi connectivity index (χ3v) is 6.29. The fourth-order valence-corrected chi connectivity index (χ4v) is 4.49. The van der Waals surface area contributed by atoms with Crippen molar-refractivity contribution in [3.05, 3.63) is 87.7 Å². The van der Waals surface area contributed by atoms with Gasteiger partial charge in [0.1, 0.15) is 12.4 Å². The number of hydrogen-bond donors (Lipinski definition) is 1. The van der Waals surface area contributed by atoms with Gasteiger partial charge < -0.3 is 10.2 Å². The Kier molecular flexibility index (Phi) is 7.77. The number of anilines is 1. The van der Waals surface area contributed by atoms with Gasteiger partial charge >= 0.3 is 11.1 Å². The number of amides is 1. The average molecular weight is 480 g/mol. The lowest BCUT2D eigenvalue weighted by molar-refractivity contribution is -0.121. The van der Waals surface area contributed by atoms with E-state index in [1.165, 1.54) is 15.2 Å². The highest BCUT2D eigenvalue weighted by Crippen LogP contribution is 2.20. The number of para-hydroxylation sites is 3. The Hall–Kier alpha value is -3.72. The number of rotatable bonds is 9. The molecular formula is C26H30FN5O3. The van der Waals surface area contributed by atoms with E-state index in [0.29, 0.717) is 23.3 Å². The zero-order valence-electron chi connectivity index (χ0n) is 19.7. The molecule has 0 unspecified atom stereocenters. The molecule has 9 heteroatoms. The molecule has 4 rings (SSSR count). The Bertz CT molecular complexity index is 1320. The molecule has 1 N–H and O–H groups in total. The number of aromatic nitrogens is 2. The number of hydrogen-bond acceptors (Lipinski definition) is 5.